The normalized spacial score (nSPS) is 10.6. The van der Waals surface area contributed by atoms with E-state index in [0.717, 1.165) is 37.1 Å². The number of aldehydes is 1. The summed E-state index contributed by atoms with van der Waals surface area (Å²) in [5.74, 6) is -0.0348. The Morgan fingerprint density at radius 2 is 1.59 bits per heavy atom. The van der Waals surface area contributed by atoms with E-state index >= 15 is 0 Å². The van der Waals surface area contributed by atoms with Crippen LogP contribution in [-0.4, -0.2) is 45.4 Å². The number of nitrogens with zero attached hydrogens (tertiary/aromatic N) is 1. The molecule has 0 aliphatic heterocycles. The van der Waals surface area contributed by atoms with Crippen molar-refractivity contribution in [3.63, 3.8) is 0 Å². The number of carbonyl (C=O) groups excluding carboxylic acids is 3. The lowest BCUT2D eigenvalue weighted by atomic mass is 9.99. The van der Waals surface area contributed by atoms with Crippen LogP contribution in [0.5, 0.6) is 0 Å². The van der Waals surface area contributed by atoms with Crippen LogP contribution < -0.4 is 21.3 Å². The molecule has 0 aromatic heterocycles. The molecular weight excluding hydrogens is 404 g/mol. The van der Waals surface area contributed by atoms with Crippen molar-refractivity contribution in [3.8, 4) is 0 Å². The maximum absolute atomic E-state index is 12.4. The Morgan fingerprint density at radius 1 is 0.969 bits per heavy atom. The Hall–Kier alpha value is -2.41. The van der Waals surface area contributed by atoms with Crippen molar-refractivity contribution in [2.75, 3.05) is 32.1 Å². The molecule has 0 radical (unpaired) electrons. The van der Waals surface area contributed by atoms with Gasteiger partial charge in [0.15, 0.2) is 0 Å². The summed E-state index contributed by atoms with van der Waals surface area (Å²) >= 11 is 0. The smallest absolute Gasteiger partial charge is 0.321 e. The zero-order valence-corrected chi connectivity index (χ0v) is 20.0. The highest BCUT2D eigenvalue weighted by Crippen LogP contribution is 2.24. The van der Waals surface area contributed by atoms with Gasteiger partial charge in [-0.25, -0.2) is 4.79 Å². The lowest BCUT2D eigenvalue weighted by molar-refractivity contribution is -0.120. The zero-order chi connectivity index (χ0) is 23.6. The van der Waals surface area contributed by atoms with Gasteiger partial charge in [0.1, 0.15) is 6.29 Å². The van der Waals surface area contributed by atoms with Gasteiger partial charge in [0.05, 0.1) is 6.54 Å². The Bertz CT molecular complexity index is 694. The first-order chi connectivity index (χ1) is 15.5. The third-order valence-electron chi connectivity index (χ3n) is 5.72. The molecule has 0 heterocycles. The van der Waals surface area contributed by atoms with E-state index in [1.54, 1.807) is 14.1 Å². The minimum Gasteiger partial charge on any atom is -0.359 e. The monoisotopic (exact) mass is 446 g/mol. The van der Waals surface area contributed by atoms with Crippen molar-refractivity contribution in [1.82, 2.24) is 10.6 Å². The topological polar surface area (TPSA) is 105 Å². The number of hydrogen-bond donors (Lipinski definition) is 3. The van der Waals surface area contributed by atoms with Crippen LogP contribution in [0.25, 0.3) is 0 Å². The van der Waals surface area contributed by atoms with Gasteiger partial charge >= 0.3 is 6.03 Å². The minimum absolute atomic E-state index is 0.0243. The summed E-state index contributed by atoms with van der Waals surface area (Å²) in [6.45, 7) is 0.777. The van der Waals surface area contributed by atoms with E-state index in [9.17, 15) is 14.4 Å². The highest BCUT2D eigenvalue weighted by Gasteiger charge is 2.15. The fourth-order valence-corrected chi connectivity index (χ4v) is 3.73. The quantitative estimate of drug-likeness (QED) is 0.250. The first-order valence-electron chi connectivity index (χ1n) is 12.0. The number of nitrogens with two attached hydrogens (primary N) is 1. The molecule has 1 rings (SSSR count). The molecule has 0 atom stereocenters. The number of nitrogens with one attached hydrogen (secondary N) is 2. The number of amides is 3. The molecular formula is C25H42N4O3. The van der Waals surface area contributed by atoms with Crippen molar-refractivity contribution in [2.24, 2.45) is 5.73 Å². The second kappa shape index (κ2) is 17.2. The van der Waals surface area contributed by atoms with Gasteiger partial charge in [0.2, 0.25) is 5.91 Å². The fourth-order valence-electron chi connectivity index (χ4n) is 3.73. The van der Waals surface area contributed by atoms with Crippen LogP contribution in [0.15, 0.2) is 18.2 Å². The SMILES string of the molecule is CNC(=O)CCc1ccc(CCCCCCCCCCCN)cc1N(C)C(=O)NCC=O. The highest BCUT2D eigenvalue weighted by molar-refractivity contribution is 5.93. The van der Waals surface area contributed by atoms with Crippen molar-refractivity contribution in [3.05, 3.63) is 29.3 Å². The van der Waals surface area contributed by atoms with Crippen molar-refractivity contribution >= 4 is 23.9 Å². The molecule has 0 aliphatic carbocycles. The standard InChI is InChI=1S/C25H42N4O3/c1-27-24(31)16-15-22-14-13-21(20-23(22)29(2)25(32)28-18-19-30)12-10-8-6-4-3-5-7-9-11-17-26/h13-14,19-20H,3-12,15-18,26H2,1-2H3,(H,27,31)(H,28,32). The molecule has 0 saturated carbocycles. The highest BCUT2D eigenvalue weighted by atomic mass is 16.2. The second-order valence-electron chi connectivity index (χ2n) is 8.27. The fraction of sp³-hybridized carbons (Fsp3) is 0.640. The molecule has 0 fully saturated rings. The third-order valence-corrected chi connectivity index (χ3v) is 5.72. The Balaban J connectivity index is 2.59. The van der Waals surface area contributed by atoms with E-state index in [4.69, 9.17) is 5.73 Å². The van der Waals surface area contributed by atoms with Gasteiger partial charge in [-0.05, 0) is 49.4 Å². The predicted molar refractivity (Wildman–Crippen MR) is 131 cm³/mol. The lowest BCUT2D eigenvalue weighted by Gasteiger charge is -2.22. The largest absolute Gasteiger partial charge is 0.359 e. The van der Waals surface area contributed by atoms with Crippen LogP contribution in [-0.2, 0) is 22.4 Å². The first kappa shape index (κ1) is 27.6. The van der Waals surface area contributed by atoms with Crippen LogP contribution in [0.2, 0.25) is 0 Å². The molecule has 7 nitrogen and oxygen atoms in total. The van der Waals surface area contributed by atoms with Crippen molar-refractivity contribution < 1.29 is 14.4 Å². The van der Waals surface area contributed by atoms with Crippen LogP contribution >= 0.6 is 0 Å². The molecule has 0 bridgehead atoms. The number of carbonyl (C=O) groups is 3. The van der Waals surface area contributed by atoms with Gasteiger partial charge in [-0.15, -0.1) is 0 Å². The molecule has 0 spiro atoms. The van der Waals surface area contributed by atoms with Gasteiger partial charge in [0, 0.05) is 26.2 Å². The number of unbranched alkanes of at least 4 members (excludes halogenated alkanes) is 8. The Kier molecular flexibility index (Phi) is 14.8. The van der Waals surface area contributed by atoms with Gasteiger partial charge in [-0.1, -0.05) is 57.1 Å². The molecule has 0 unspecified atom stereocenters. The number of anilines is 1. The summed E-state index contributed by atoms with van der Waals surface area (Å²) in [6, 6.07) is 5.81. The molecule has 1 aromatic carbocycles. The van der Waals surface area contributed by atoms with E-state index in [-0.39, 0.29) is 18.5 Å². The van der Waals surface area contributed by atoms with Crippen LogP contribution in [0.1, 0.15) is 75.3 Å². The molecule has 1 aromatic rings. The number of aryl methyl sites for hydroxylation is 2. The van der Waals surface area contributed by atoms with Gasteiger partial charge in [-0.2, -0.15) is 0 Å². The molecule has 3 amide bonds. The number of hydrogen-bond acceptors (Lipinski definition) is 4. The van der Waals surface area contributed by atoms with E-state index in [1.807, 2.05) is 12.1 Å². The molecule has 0 aliphatic rings. The molecule has 0 saturated heterocycles. The van der Waals surface area contributed by atoms with Gasteiger partial charge in [-0.3, -0.25) is 9.69 Å². The third kappa shape index (κ3) is 11.3. The Labute approximate surface area is 193 Å². The second-order valence-corrected chi connectivity index (χ2v) is 8.27. The molecule has 7 heteroatoms. The summed E-state index contributed by atoms with van der Waals surface area (Å²) in [5.41, 5.74) is 8.43. The van der Waals surface area contributed by atoms with Crippen LogP contribution in [0.3, 0.4) is 0 Å². The summed E-state index contributed by atoms with van der Waals surface area (Å²) in [6.07, 6.45) is 13.7. The maximum Gasteiger partial charge on any atom is 0.321 e. The van der Waals surface area contributed by atoms with Crippen molar-refractivity contribution in [2.45, 2.75) is 77.0 Å². The van der Waals surface area contributed by atoms with Gasteiger partial charge in [0.25, 0.3) is 0 Å². The van der Waals surface area contributed by atoms with E-state index < -0.39 is 0 Å². The van der Waals surface area contributed by atoms with E-state index in [0.29, 0.717) is 19.1 Å². The summed E-state index contributed by atoms with van der Waals surface area (Å²) in [5, 5.41) is 5.21. The number of benzene rings is 1. The van der Waals surface area contributed by atoms with Gasteiger partial charge < -0.3 is 21.2 Å². The Morgan fingerprint density at radius 3 is 2.19 bits per heavy atom. The number of urea groups is 1. The molecule has 4 N–H and O–H groups in total. The summed E-state index contributed by atoms with van der Waals surface area (Å²) < 4.78 is 0. The van der Waals surface area contributed by atoms with Crippen LogP contribution in [0.4, 0.5) is 10.5 Å². The zero-order valence-electron chi connectivity index (χ0n) is 20.0. The van der Waals surface area contributed by atoms with E-state index in [2.05, 4.69) is 16.7 Å². The summed E-state index contributed by atoms with van der Waals surface area (Å²) in [7, 11) is 3.31. The number of rotatable bonds is 17. The predicted octanol–water partition coefficient (Wildman–Crippen LogP) is 3.72. The molecule has 32 heavy (non-hydrogen) atoms. The average Bonchev–Trinajstić information content (AvgIpc) is 2.81. The maximum atomic E-state index is 12.4. The molecule has 180 valence electrons. The first-order valence-corrected chi connectivity index (χ1v) is 12.0. The minimum atomic E-state index is -0.332. The van der Waals surface area contributed by atoms with Crippen LogP contribution in [0, 0.1) is 0 Å². The van der Waals surface area contributed by atoms with Crippen molar-refractivity contribution in [1.29, 1.82) is 0 Å². The average molecular weight is 447 g/mol. The summed E-state index contributed by atoms with van der Waals surface area (Å²) in [4.78, 5) is 36.2. The lowest BCUT2D eigenvalue weighted by Crippen LogP contribution is -2.38. The van der Waals surface area contributed by atoms with E-state index in [1.165, 1.54) is 55.4 Å².